The first-order valence-electron chi connectivity index (χ1n) is 5.83. The molecular weight excluding hydrogens is 222 g/mol. The lowest BCUT2D eigenvalue weighted by atomic mass is 9.88. The minimum Gasteiger partial charge on any atom is -0.381 e. The molecule has 1 atom stereocenters. The summed E-state index contributed by atoms with van der Waals surface area (Å²) >= 11 is 0. The van der Waals surface area contributed by atoms with Crippen molar-refractivity contribution in [3.8, 4) is 0 Å². The molecule has 98 valence electrons. The van der Waals surface area contributed by atoms with Crippen LogP contribution in [-0.2, 0) is 14.3 Å². The number of nitrogens with one attached hydrogen (secondary N) is 1. The van der Waals surface area contributed by atoms with Crippen LogP contribution in [0.4, 0.5) is 0 Å². The highest BCUT2D eigenvalue weighted by Crippen LogP contribution is 2.19. The van der Waals surface area contributed by atoms with Gasteiger partial charge in [-0.25, -0.2) is 0 Å². The second kappa shape index (κ2) is 5.01. The first-order valence-corrected chi connectivity index (χ1v) is 5.83. The minimum absolute atomic E-state index is 0.330. The molecule has 0 saturated carbocycles. The quantitative estimate of drug-likeness (QED) is 0.604. The van der Waals surface area contributed by atoms with Crippen molar-refractivity contribution in [1.29, 1.82) is 0 Å². The molecule has 1 aliphatic rings. The smallest absolute Gasteiger partial charge is 0.242 e. The van der Waals surface area contributed by atoms with E-state index in [0.717, 1.165) is 0 Å². The summed E-state index contributed by atoms with van der Waals surface area (Å²) in [5.41, 5.74) is 9.31. The third-order valence-corrected chi connectivity index (χ3v) is 3.48. The van der Waals surface area contributed by atoms with Crippen LogP contribution in [0.5, 0.6) is 0 Å². The molecule has 0 aromatic carbocycles. The van der Waals surface area contributed by atoms with Crippen LogP contribution < -0.4 is 16.8 Å². The minimum atomic E-state index is -1.04. The predicted octanol–water partition coefficient (Wildman–Crippen LogP) is -0.735. The van der Waals surface area contributed by atoms with E-state index in [2.05, 4.69) is 5.32 Å². The van der Waals surface area contributed by atoms with Crippen molar-refractivity contribution in [2.24, 2.45) is 11.5 Å². The molecule has 2 amide bonds. The summed E-state index contributed by atoms with van der Waals surface area (Å²) in [5, 5.41) is 2.66. The van der Waals surface area contributed by atoms with E-state index in [1.54, 1.807) is 13.8 Å². The van der Waals surface area contributed by atoms with Crippen LogP contribution in [0, 0.1) is 0 Å². The molecule has 1 heterocycles. The van der Waals surface area contributed by atoms with Crippen molar-refractivity contribution in [2.45, 2.75) is 44.2 Å². The number of rotatable bonds is 4. The molecule has 0 spiro atoms. The van der Waals surface area contributed by atoms with Gasteiger partial charge in [0, 0.05) is 13.2 Å². The Morgan fingerprint density at radius 1 is 1.41 bits per heavy atom. The van der Waals surface area contributed by atoms with Gasteiger partial charge in [0.15, 0.2) is 0 Å². The van der Waals surface area contributed by atoms with Gasteiger partial charge < -0.3 is 21.5 Å². The zero-order valence-corrected chi connectivity index (χ0v) is 10.4. The average molecular weight is 243 g/mol. The Balaban J connectivity index is 2.73. The van der Waals surface area contributed by atoms with E-state index < -0.39 is 17.0 Å². The number of amides is 2. The highest BCUT2D eigenvalue weighted by atomic mass is 16.5. The Morgan fingerprint density at radius 3 is 2.35 bits per heavy atom. The maximum Gasteiger partial charge on any atom is 0.242 e. The normalized spacial score (nSPS) is 22.5. The van der Waals surface area contributed by atoms with E-state index in [1.165, 1.54) is 0 Å². The van der Waals surface area contributed by atoms with Gasteiger partial charge in [0.1, 0.15) is 5.54 Å². The molecular formula is C11H21N3O3. The lowest BCUT2D eigenvalue weighted by Crippen LogP contribution is -2.64. The lowest BCUT2D eigenvalue weighted by molar-refractivity contribution is -0.136. The summed E-state index contributed by atoms with van der Waals surface area (Å²) < 4.78 is 5.17. The van der Waals surface area contributed by atoms with Gasteiger partial charge in [-0.05, 0) is 26.2 Å². The summed E-state index contributed by atoms with van der Waals surface area (Å²) in [6.45, 7) is 4.32. The Bertz CT molecular complexity index is 313. The molecule has 1 unspecified atom stereocenters. The number of carbonyl (C=O) groups excluding carboxylic acids is 2. The van der Waals surface area contributed by atoms with Gasteiger partial charge in [-0.15, -0.1) is 0 Å². The van der Waals surface area contributed by atoms with Gasteiger partial charge in [0.2, 0.25) is 11.8 Å². The fourth-order valence-electron chi connectivity index (χ4n) is 1.66. The molecule has 0 aromatic heterocycles. The maximum atomic E-state index is 12.1. The average Bonchev–Trinajstić information content (AvgIpc) is 2.29. The van der Waals surface area contributed by atoms with Crippen LogP contribution in [0.1, 0.15) is 33.1 Å². The largest absolute Gasteiger partial charge is 0.381 e. The molecule has 0 bridgehead atoms. The molecule has 5 N–H and O–H groups in total. The third kappa shape index (κ3) is 2.95. The highest BCUT2D eigenvalue weighted by Gasteiger charge is 2.40. The number of hydrogen-bond acceptors (Lipinski definition) is 4. The summed E-state index contributed by atoms with van der Waals surface area (Å²) in [6.07, 6.45) is 1.34. The van der Waals surface area contributed by atoms with E-state index >= 15 is 0 Å². The zero-order chi connectivity index (χ0) is 13.1. The molecule has 0 aliphatic carbocycles. The zero-order valence-electron chi connectivity index (χ0n) is 10.4. The second-order valence-corrected chi connectivity index (χ2v) is 4.77. The van der Waals surface area contributed by atoms with Crippen molar-refractivity contribution in [3.63, 3.8) is 0 Å². The number of nitrogens with two attached hydrogens (primary N) is 2. The molecule has 1 rings (SSSR count). The Kier molecular flexibility index (Phi) is 4.11. The van der Waals surface area contributed by atoms with Crippen LogP contribution in [-0.4, -0.2) is 36.1 Å². The summed E-state index contributed by atoms with van der Waals surface area (Å²) in [4.78, 5) is 23.4. The summed E-state index contributed by atoms with van der Waals surface area (Å²) in [6, 6.07) is 0. The summed E-state index contributed by atoms with van der Waals surface area (Å²) in [7, 11) is 0. The van der Waals surface area contributed by atoms with Gasteiger partial charge in [-0.1, -0.05) is 6.92 Å². The molecule has 1 saturated heterocycles. The molecule has 6 nitrogen and oxygen atoms in total. The van der Waals surface area contributed by atoms with Crippen molar-refractivity contribution in [2.75, 3.05) is 13.2 Å². The SMILES string of the molecule is CCC(C)(NC(=O)C1(N)CCOCC1)C(N)=O. The van der Waals surface area contributed by atoms with Gasteiger partial charge in [0.25, 0.3) is 0 Å². The van der Waals surface area contributed by atoms with Crippen molar-refractivity contribution in [1.82, 2.24) is 5.32 Å². The van der Waals surface area contributed by atoms with Crippen LogP contribution in [0.25, 0.3) is 0 Å². The molecule has 0 radical (unpaired) electrons. The molecule has 17 heavy (non-hydrogen) atoms. The maximum absolute atomic E-state index is 12.1. The lowest BCUT2D eigenvalue weighted by Gasteiger charge is -2.35. The van der Waals surface area contributed by atoms with E-state index in [9.17, 15) is 9.59 Å². The predicted molar refractivity (Wildman–Crippen MR) is 63.0 cm³/mol. The molecule has 1 fully saturated rings. The second-order valence-electron chi connectivity index (χ2n) is 4.77. The van der Waals surface area contributed by atoms with Crippen LogP contribution in [0.3, 0.4) is 0 Å². The monoisotopic (exact) mass is 243 g/mol. The Hall–Kier alpha value is -1.14. The van der Waals surface area contributed by atoms with E-state index in [4.69, 9.17) is 16.2 Å². The van der Waals surface area contributed by atoms with E-state index in [0.29, 0.717) is 32.5 Å². The van der Waals surface area contributed by atoms with Gasteiger partial charge in [0.05, 0.1) is 5.54 Å². The van der Waals surface area contributed by atoms with Gasteiger partial charge in [-0.3, -0.25) is 9.59 Å². The summed E-state index contributed by atoms with van der Waals surface area (Å²) in [5.74, 6) is -0.882. The van der Waals surface area contributed by atoms with Crippen LogP contribution in [0.2, 0.25) is 0 Å². The number of hydrogen-bond donors (Lipinski definition) is 3. The van der Waals surface area contributed by atoms with Crippen molar-refractivity contribution < 1.29 is 14.3 Å². The Morgan fingerprint density at radius 2 is 1.94 bits per heavy atom. The first kappa shape index (κ1) is 13.9. The molecule has 6 heteroatoms. The molecule has 0 aromatic rings. The topological polar surface area (TPSA) is 107 Å². The first-order chi connectivity index (χ1) is 7.84. The van der Waals surface area contributed by atoms with Crippen LogP contribution in [0.15, 0.2) is 0 Å². The number of carbonyl (C=O) groups is 2. The number of primary amides is 1. The number of ether oxygens (including phenoxy) is 1. The molecule has 1 aliphatic heterocycles. The standard InChI is InChI=1S/C11H21N3O3/c1-3-10(2,8(12)15)14-9(16)11(13)4-6-17-7-5-11/h3-7,13H2,1-2H3,(H2,12,15)(H,14,16). The van der Waals surface area contributed by atoms with Crippen molar-refractivity contribution in [3.05, 3.63) is 0 Å². The van der Waals surface area contributed by atoms with Gasteiger partial charge in [-0.2, -0.15) is 0 Å². The van der Waals surface area contributed by atoms with E-state index in [-0.39, 0.29) is 5.91 Å². The van der Waals surface area contributed by atoms with Crippen molar-refractivity contribution >= 4 is 11.8 Å². The highest BCUT2D eigenvalue weighted by molar-refractivity contribution is 5.93. The van der Waals surface area contributed by atoms with Gasteiger partial charge >= 0.3 is 0 Å². The fraction of sp³-hybridized carbons (Fsp3) is 0.818. The van der Waals surface area contributed by atoms with Crippen LogP contribution >= 0.6 is 0 Å². The fourth-order valence-corrected chi connectivity index (χ4v) is 1.66. The third-order valence-electron chi connectivity index (χ3n) is 3.48. The Labute approximate surface area is 101 Å². The van der Waals surface area contributed by atoms with E-state index in [1.807, 2.05) is 0 Å².